The third-order valence-corrected chi connectivity index (χ3v) is 5.00. The topological polar surface area (TPSA) is 90.5 Å². The van der Waals surface area contributed by atoms with Crippen LogP contribution in [0.4, 0.5) is 10.5 Å². The molecule has 2 aromatic rings. The van der Waals surface area contributed by atoms with Crippen LogP contribution in [-0.2, 0) is 17.8 Å². The van der Waals surface area contributed by atoms with Crippen molar-refractivity contribution in [3.8, 4) is 0 Å². The zero-order valence-corrected chi connectivity index (χ0v) is 13.6. The minimum absolute atomic E-state index is 0.286. The molecule has 24 heavy (non-hydrogen) atoms. The lowest BCUT2D eigenvalue weighted by atomic mass is 10.1. The number of fused-ring (bicyclic) bond motifs is 1. The molecule has 124 valence electrons. The van der Waals surface area contributed by atoms with E-state index in [0.29, 0.717) is 18.7 Å². The van der Waals surface area contributed by atoms with Gasteiger partial charge in [0.15, 0.2) is 0 Å². The van der Waals surface area contributed by atoms with Crippen molar-refractivity contribution in [2.24, 2.45) is 0 Å². The van der Waals surface area contributed by atoms with Crippen molar-refractivity contribution in [1.29, 1.82) is 0 Å². The molecule has 4 N–H and O–H groups in total. The van der Waals surface area contributed by atoms with E-state index >= 15 is 0 Å². The number of carbonyl (C=O) groups excluding carboxylic acids is 2. The second-order valence-corrected chi connectivity index (χ2v) is 6.65. The summed E-state index contributed by atoms with van der Waals surface area (Å²) >= 11 is 1.38. The van der Waals surface area contributed by atoms with E-state index in [1.807, 2.05) is 42.5 Å². The summed E-state index contributed by atoms with van der Waals surface area (Å²) in [6.07, 6.45) is 0.562. The lowest BCUT2D eigenvalue weighted by molar-refractivity contribution is -0.128. The fourth-order valence-electron chi connectivity index (χ4n) is 2.48. The molecule has 0 fully saturated rings. The summed E-state index contributed by atoms with van der Waals surface area (Å²) in [5, 5.41) is 14.0. The van der Waals surface area contributed by atoms with Crippen LogP contribution in [0.1, 0.15) is 11.1 Å². The SMILES string of the molecule is O=C(NCc1ccccc1)Nc1ccc2c(c1)SC(C(=O)NO)C2. The molecule has 6 nitrogen and oxygen atoms in total. The number of amides is 3. The summed E-state index contributed by atoms with van der Waals surface area (Å²) in [4.78, 5) is 24.4. The average molecular weight is 343 g/mol. The Morgan fingerprint density at radius 1 is 1.17 bits per heavy atom. The number of nitrogens with one attached hydrogen (secondary N) is 3. The normalized spacial score (nSPS) is 15.5. The Bertz CT molecular complexity index is 752. The number of anilines is 1. The summed E-state index contributed by atoms with van der Waals surface area (Å²) in [5.74, 6) is -0.411. The van der Waals surface area contributed by atoms with Gasteiger partial charge in [-0.2, -0.15) is 0 Å². The molecule has 0 radical (unpaired) electrons. The number of benzene rings is 2. The van der Waals surface area contributed by atoms with Crippen LogP contribution >= 0.6 is 11.8 Å². The van der Waals surface area contributed by atoms with E-state index in [9.17, 15) is 9.59 Å². The quantitative estimate of drug-likeness (QED) is 0.507. The number of carbonyl (C=O) groups is 2. The molecule has 1 unspecified atom stereocenters. The number of rotatable bonds is 4. The van der Waals surface area contributed by atoms with Gasteiger partial charge in [0.1, 0.15) is 0 Å². The first-order chi connectivity index (χ1) is 11.7. The Morgan fingerprint density at radius 3 is 2.71 bits per heavy atom. The van der Waals surface area contributed by atoms with Crippen LogP contribution in [0.15, 0.2) is 53.4 Å². The molecule has 0 saturated carbocycles. The Morgan fingerprint density at radius 2 is 1.96 bits per heavy atom. The molecule has 1 aliphatic rings. The van der Waals surface area contributed by atoms with E-state index in [0.717, 1.165) is 16.0 Å². The molecule has 3 amide bonds. The standard InChI is InChI=1S/C17H17N3O3S/c21-16(20-23)15-8-12-6-7-13(9-14(12)24-15)19-17(22)18-10-11-4-2-1-3-5-11/h1-7,9,15,23H,8,10H2,(H,20,21)(H2,18,19,22). The summed E-state index contributed by atoms with van der Waals surface area (Å²) in [6.45, 7) is 0.450. The molecule has 1 aliphatic heterocycles. The van der Waals surface area contributed by atoms with Gasteiger partial charge in [0.05, 0.1) is 5.25 Å². The number of urea groups is 1. The van der Waals surface area contributed by atoms with E-state index < -0.39 is 5.91 Å². The van der Waals surface area contributed by atoms with Crippen LogP contribution in [0.5, 0.6) is 0 Å². The maximum absolute atomic E-state index is 12.0. The zero-order valence-electron chi connectivity index (χ0n) is 12.8. The molecule has 0 aromatic heterocycles. The summed E-state index contributed by atoms with van der Waals surface area (Å²) < 4.78 is 0. The Kier molecular flexibility index (Phi) is 5.02. The van der Waals surface area contributed by atoms with Gasteiger partial charge in [0, 0.05) is 17.1 Å². The van der Waals surface area contributed by atoms with Gasteiger partial charge in [0.25, 0.3) is 5.91 Å². The van der Waals surface area contributed by atoms with Gasteiger partial charge in [-0.05, 0) is 29.7 Å². The van der Waals surface area contributed by atoms with Crippen molar-refractivity contribution in [1.82, 2.24) is 10.8 Å². The van der Waals surface area contributed by atoms with Gasteiger partial charge >= 0.3 is 6.03 Å². The summed E-state index contributed by atoms with van der Waals surface area (Å²) in [7, 11) is 0. The van der Waals surface area contributed by atoms with Gasteiger partial charge < -0.3 is 10.6 Å². The summed E-state index contributed by atoms with van der Waals surface area (Å²) in [6, 6.07) is 14.9. The molecule has 1 heterocycles. The van der Waals surface area contributed by atoms with Gasteiger partial charge in [0.2, 0.25) is 0 Å². The average Bonchev–Trinajstić information content (AvgIpc) is 3.03. The van der Waals surface area contributed by atoms with Crippen molar-refractivity contribution in [2.75, 3.05) is 5.32 Å². The highest BCUT2D eigenvalue weighted by atomic mass is 32.2. The third-order valence-electron chi connectivity index (χ3n) is 3.70. The van der Waals surface area contributed by atoms with Crippen molar-refractivity contribution in [3.63, 3.8) is 0 Å². The maximum Gasteiger partial charge on any atom is 0.319 e. The second-order valence-electron chi connectivity index (χ2n) is 5.40. The molecule has 0 bridgehead atoms. The van der Waals surface area contributed by atoms with Crippen molar-refractivity contribution in [2.45, 2.75) is 23.1 Å². The van der Waals surface area contributed by atoms with Crippen LogP contribution in [0.2, 0.25) is 0 Å². The van der Waals surface area contributed by atoms with Crippen LogP contribution < -0.4 is 16.1 Å². The molecule has 3 rings (SSSR count). The van der Waals surface area contributed by atoms with Crippen LogP contribution in [0.25, 0.3) is 0 Å². The van der Waals surface area contributed by atoms with Crippen molar-refractivity contribution >= 4 is 29.4 Å². The highest BCUT2D eigenvalue weighted by molar-refractivity contribution is 8.01. The van der Waals surface area contributed by atoms with E-state index in [1.165, 1.54) is 11.8 Å². The minimum Gasteiger partial charge on any atom is -0.334 e. The largest absolute Gasteiger partial charge is 0.334 e. The monoisotopic (exact) mass is 343 g/mol. The Labute approximate surface area is 143 Å². The first-order valence-corrected chi connectivity index (χ1v) is 8.36. The molecule has 2 aromatic carbocycles. The minimum atomic E-state index is -0.411. The predicted molar refractivity (Wildman–Crippen MR) is 92.0 cm³/mol. The first-order valence-electron chi connectivity index (χ1n) is 7.48. The van der Waals surface area contributed by atoms with E-state index in [2.05, 4.69) is 10.6 Å². The fraction of sp³-hybridized carbons (Fsp3) is 0.176. The lowest BCUT2D eigenvalue weighted by Crippen LogP contribution is -2.29. The van der Waals surface area contributed by atoms with E-state index in [1.54, 1.807) is 11.5 Å². The third kappa shape index (κ3) is 3.87. The van der Waals surface area contributed by atoms with Gasteiger partial charge in [-0.15, -0.1) is 11.8 Å². The number of hydrogen-bond donors (Lipinski definition) is 4. The zero-order chi connectivity index (χ0) is 16.9. The van der Waals surface area contributed by atoms with Crippen LogP contribution in [0, 0.1) is 0 Å². The fourth-order valence-corrected chi connectivity index (χ4v) is 3.70. The number of thioether (sulfide) groups is 1. The first kappa shape index (κ1) is 16.4. The van der Waals surface area contributed by atoms with Gasteiger partial charge in [-0.3, -0.25) is 10.0 Å². The van der Waals surface area contributed by atoms with Crippen LogP contribution in [0.3, 0.4) is 0 Å². The molecule has 7 heteroatoms. The van der Waals surface area contributed by atoms with Crippen LogP contribution in [-0.4, -0.2) is 22.4 Å². The smallest absolute Gasteiger partial charge is 0.319 e. The maximum atomic E-state index is 12.0. The highest BCUT2D eigenvalue weighted by Crippen LogP contribution is 2.38. The molecule has 0 aliphatic carbocycles. The molecular weight excluding hydrogens is 326 g/mol. The summed E-state index contributed by atoms with van der Waals surface area (Å²) in [5.41, 5.74) is 4.40. The van der Waals surface area contributed by atoms with E-state index in [4.69, 9.17) is 5.21 Å². The van der Waals surface area contributed by atoms with Crippen molar-refractivity contribution in [3.05, 3.63) is 59.7 Å². The molecular formula is C17H17N3O3S. The number of hydroxylamine groups is 1. The lowest BCUT2D eigenvalue weighted by Gasteiger charge is -2.09. The molecule has 0 spiro atoms. The number of hydrogen-bond acceptors (Lipinski definition) is 4. The van der Waals surface area contributed by atoms with Gasteiger partial charge in [-0.1, -0.05) is 36.4 Å². The second kappa shape index (κ2) is 7.37. The highest BCUT2D eigenvalue weighted by Gasteiger charge is 2.28. The Balaban J connectivity index is 1.57. The molecule has 1 atom stereocenters. The Hall–Kier alpha value is -2.51. The van der Waals surface area contributed by atoms with E-state index in [-0.39, 0.29) is 11.3 Å². The predicted octanol–water partition coefficient (Wildman–Crippen LogP) is 2.53. The molecule has 0 saturated heterocycles. The van der Waals surface area contributed by atoms with Crippen molar-refractivity contribution < 1.29 is 14.8 Å². The van der Waals surface area contributed by atoms with Gasteiger partial charge in [-0.25, -0.2) is 10.3 Å².